The average molecular weight is 279 g/mol. The number of fused-ring (bicyclic) bond motifs is 1. The van der Waals surface area contributed by atoms with E-state index >= 15 is 0 Å². The Morgan fingerprint density at radius 3 is 2.33 bits per heavy atom. The number of nitrogens with two attached hydrogens (primary N) is 1. The molecule has 5 heteroatoms. The summed E-state index contributed by atoms with van der Waals surface area (Å²) < 4.78 is 0. The highest BCUT2D eigenvalue weighted by Gasteiger charge is 2.12. The third kappa shape index (κ3) is 2.62. The Morgan fingerprint density at radius 2 is 1.57 bits per heavy atom. The van der Waals surface area contributed by atoms with Crippen LogP contribution >= 0.6 is 0 Å². The summed E-state index contributed by atoms with van der Waals surface area (Å²) in [5.41, 5.74) is 7.79. The maximum absolute atomic E-state index is 12.1. The van der Waals surface area contributed by atoms with E-state index in [2.05, 4.69) is 10.3 Å². The number of nitrogen functional groups attached to an aromatic ring is 1. The van der Waals surface area contributed by atoms with Gasteiger partial charge in [-0.05, 0) is 47.9 Å². The minimum Gasteiger partial charge on any atom is -0.399 e. The lowest BCUT2D eigenvalue weighted by molar-refractivity contribution is 0.0849. The fourth-order valence-electron chi connectivity index (χ4n) is 2.07. The Kier molecular flexibility index (Phi) is 3.16. The second-order valence-corrected chi connectivity index (χ2v) is 4.68. The van der Waals surface area contributed by atoms with E-state index in [1.54, 1.807) is 42.6 Å². The van der Waals surface area contributed by atoms with Crippen LogP contribution in [0, 0.1) is 0 Å². The van der Waals surface area contributed by atoms with Gasteiger partial charge in [0, 0.05) is 28.5 Å². The number of anilines is 1. The van der Waals surface area contributed by atoms with E-state index in [-0.39, 0.29) is 0 Å². The van der Waals surface area contributed by atoms with Crippen LogP contribution in [-0.4, -0.2) is 16.8 Å². The van der Waals surface area contributed by atoms with Crippen molar-refractivity contribution in [3.05, 3.63) is 65.9 Å². The van der Waals surface area contributed by atoms with Crippen LogP contribution in [-0.2, 0) is 0 Å². The van der Waals surface area contributed by atoms with Gasteiger partial charge in [-0.2, -0.15) is 0 Å². The first-order chi connectivity index (χ1) is 10.1. The molecule has 3 aromatic rings. The highest BCUT2D eigenvalue weighted by Crippen LogP contribution is 2.14. The van der Waals surface area contributed by atoms with Crippen LogP contribution in [0.4, 0.5) is 5.69 Å². The first-order valence-electron chi connectivity index (χ1n) is 6.42. The predicted octanol–water partition coefficient (Wildman–Crippen LogP) is 2.32. The van der Waals surface area contributed by atoms with Crippen molar-refractivity contribution in [1.82, 2.24) is 10.3 Å². The maximum Gasteiger partial charge on any atom is 0.258 e. The third-order valence-electron chi connectivity index (χ3n) is 3.22. The Labute approximate surface area is 120 Å². The molecular formula is C16H13N3O2. The first-order valence-corrected chi connectivity index (χ1v) is 6.42. The van der Waals surface area contributed by atoms with Crippen LogP contribution in [0.3, 0.4) is 0 Å². The molecule has 2 aromatic carbocycles. The number of hydrogen-bond acceptors (Lipinski definition) is 3. The summed E-state index contributed by atoms with van der Waals surface area (Å²) >= 11 is 0. The fourth-order valence-corrected chi connectivity index (χ4v) is 2.07. The van der Waals surface area contributed by atoms with Crippen LogP contribution < -0.4 is 11.1 Å². The summed E-state index contributed by atoms with van der Waals surface area (Å²) in [5.74, 6) is -0.889. The predicted molar refractivity (Wildman–Crippen MR) is 80.9 cm³/mol. The van der Waals surface area contributed by atoms with E-state index in [1.165, 1.54) is 0 Å². The van der Waals surface area contributed by atoms with E-state index in [1.807, 2.05) is 12.1 Å². The maximum atomic E-state index is 12.1. The molecule has 0 aliphatic heterocycles. The number of benzene rings is 2. The summed E-state index contributed by atoms with van der Waals surface area (Å²) in [6, 6.07) is 13.5. The van der Waals surface area contributed by atoms with Gasteiger partial charge in [0.05, 0.1) is 0 Å². The highest BCUT2D eigenvalue weighted by molar-refractivity contribution is 6.11. The molecule has 4 N–H and O–H groups in total. The number of aromatic nitrogens is 1. The lowest BCUT2D eigenvalue weighted by Crippen LogP contribution is -2.30. The van der Waals surface area contributed by atoms with Gasteiger partial charge in [0.2, 0.25) is 0 Å². The van der Waals surface area contributed by atoms with Crippen molar-refractivity contribution in [3.63, 3.8) is 0 Å². The van der Waals surface area contributed by atoms with E-state index in [0.29, 0.717) is 16.8 Å². The number of aromatic amines is 1. The minimum absolute atomic E-state index is 0.388. The Morgan fingerprint density at radius 1 is 0.905 bits per heavy atom. The van der Waals surface area contributed by atoms with Gasteiger partial charge in [0.1, 0.15) is 0 Å². The van der Waals surface area contributed by atoms with Gasteiger partial charge in [-0.15, -0.1) is 0 Å². The second-order valence-electron chi connectivity index (χ2n) is 4.68. The lowest BCUT2D eigenvalue weighted by atomic mass is 10.1. The van der Waals surface area contributed by atoms with Crippen LogP contribution in [0.2, 0.25) is 0 Å². The van der Waals surface area contributed by atoms with E-state index in [0.717, 1.165) is 10.9 Å². The Hall–Kier alpha value is -3.08. The number of rotatable bonds is 2. The van der Waals surface area contributed by atoms with Gasteiger partial charge in [-0.1, -0.05) is 6.07 Å². The molecule has 5 nitrogen and oxygen atoms in total. The van der Waals surface area contributed by atoms with Gasteiger partial charge in [0.25, 0.3) is 11.8 Å². The van der Waals surface area contributed by atoms with Crippen molar-refractivity contribution < 1.29 is 9.59 Å². The minimum atomic E-state index is -0.452. The van der Waals surface area contributed by atoms with Crippen molar-refractivity contribution in [2.45, 2.75) is 0 Å². The van der Waals surface area contributed by atoms with E-state index in [9.17, 15) is 9.59 Å². The van der Waals surface area contributed by atoms with Crippen molar-refractivity contribution in [1.29, 1.82) is 0 Å². The monoisotopic (exact) mass is 279 g/mol. The Bertz CT molecular complexity index is 819. The zero-order valence-electron chi connectivity index (χ0n) is 11.1. The average Bonchev–Trinajstić information content (AvgIpc) is 2.95. The molecule has 1 heterocycles. The van der Waals surface area contributed by atoms with Crippen molar-refractivity contribution >= 4 is 28.4 Å². The number of H-pyrrole nitrogens is 1. The SMILES string of the molecule is Nc1ccc(C(=O)NC(=O)c2ccc3cc[nH]c3c2)cc1. The molecule has 1 aromatic heterocycles. The molecule has 0 fully saturated rings. The summed E-state index contributed by atoms with van der Waals surface area (Å²) in [6.45, 7) is 0. The normalized spacial score (nSPS) is 10.5. The fraction of sp³-hybridized carbons (Fsp3) is 0. The van der Waals surface area contributed by atoms with Gasteiger partial charge in [0.15, 0.2) is 0 Å². The third-order valence-corrected chi connectivity index (χ3v) is 3.22. The molecule has 0 bridgehead atoms. The lowest BCUT2D eigenvalue weighted by Gasteiger charge is -2.05. The van der Waals surface area contributed by atoms with Crippen molar-refractivity contribution in [2.75, 3.05) is 5.73 Å². The number of carbonyl (C=O) groups is 2. The molecule has 0 unspecified atom stereocenters. The number of nitrogens with one attached hydrogen (secondary N) is 2. The molecule has 0 saturated carbocycles. The summed E-state index contributed by atoms with van der Waals surface area (Å²) in [6.07, 6.45) is 1.80. The smallest absolute Gasteiger partial charge is 0.258 e. The number of hydrogen-bond donors (Lipinski definition) is 3. The number of carbonyl (C=O) groups excluding carboxylic acids is 2. The van der Waals surface area contributed by atoms with Crippen LogP contribution in [0.25, 0.3) is 10.9 Å². The zero-order valence-corrected chi connectivity index (χ0v) is 11.1. The van der Waals surface area contributed by atoms with Crippen LogP contribution in [0.1, 0.15) is 20.7 Å². The quantitative estimate of drug-likeness (QED) is 0.497. The molecule has 104 valence electrons. The second kappa shape index (κ2) is 5.13. The molecule has 0 aliphatic carbocycles. The summed E-state index contributed by atoms with van der Waals surface area (Å²) in [7, 11) is 0. The highest BCUT2D eigenvalue weighted by atomic mass is 16.2. The van der Waals surface area contributed by atoms with Gasteiger partial charge in [-0.25, -0.2) is 0 Å². The molecular weight excluding hydrogens is 266 g/mol. The summed E-state index contributed by atoms with van der Waals surface area (Å²) in [4.78, 5) is 27.1. The van der Waals surface area contributed by atoms with E-state index in [4.69, 9.17) is 5.73 Å². The number of amides is 2. The molecule has 3 rings (SSSR count). The zero-order chi connectivity index (χ0) is 14.8. The molecule has 0 aliphatic rings. The van der Waals surface area contributed by atoms with Crippen molar-refractivity contribution in [2.24, 2.45) is 0 Å². The topological polar surface area (TPSA) is 88.0 Å². The molecule has 0 radical (unpaired) electrons. The van der Waals surface area contributed by atoms with Crippen LogP contribution in [0.15, 0.2) is 54.7 Å². The Balaban J connectivity index is 1.78. The molecule has 0 saturated heterocycles. The number of imide groups is 1. The molecule has 2 amide bonds. The molecule has 21 heavy (non-hydrogen) atoms. The molecule has 0 spiro atoms. The largest absolute Gasteiger partial charge is 0.399 e. The standard InChI is InChI=1S/C16H13N3O2/c17-13-5-3-11(4-6-13)15(20)19-16(21)12-2-1-10-7-8-18-14(10)9-12/h1-9,18H,17H2,(H,19,20,21). The van der Waals surface area contributed by atoms with E-state index < -0.39 is 11.8 Å². The van der Waals surface area contributed by atoms with Gasteiger partial charge < -0.3 is 10.7 Å². The first kappa shape index (κ1) is 12.9. The van der Waals surface area contributed by atoms with Gasteiger partial charge in [-0.3, -0.25) is 14.9 Å². The van der Waals surface area contributed by atoms with Gasteiger partial charge >= 0.3 is 0 Å². The summed E-state index contributed by atoms with van der Waals surface area (Å²) in [5, 5.41) is 3.37. The molecule has 0 atom stereocenters. The van der Waals surface area contributed by atoms with Crippen molar-refractivity contribution in [3.8, 4) is 0 Å². The van der Waals surface area contributed by atoms with Crippen LogP contribution in [0.5, 0.6) is 0 Å².